The molecule has 1 atom stereocenters. The number of hydrazone groups is 1. The molecule has 178 valence electrons. The fourth-order valence-electron chi connectivity index (χ4n) is 3.92. The third kappa shape index (κ3) is 5.44. The van der Waals surface area contributed by atoms with Gasteiger partial charge < -0.3 is 9.47 Å². The second kappa shape index (κ2) is 10.8. The zero-order valence-corrected chi connectivity index (χ0v) is 19.5. The molecular weight excluding hydrogens is 446 g/mol. The lowest BCUT2D eigenvalue weighted by Gasteiger charge is -2.27. The van der Waals surface area contributed by atoms with Gasteiger partial charge in [-0.25, -0.2) is 14.6 Å². The van der Waals surface area contributed by atoms with Crippen molar-refractivity contribution in [2.24, 2.45) is 5.10 Å². The summed E-state index contributed by atoms with van der Waals surface area (Å²) in [5.41, 5.74) is 3.47. The van der Waals surface area contributed by atoms with Gasteiger partial charge in [-0.3, -0.25) is 9.69 Å². The van der Waals surface area contributed by atoms with E-state index in [4.69, 9.17) is 9.47 Å². The molecule has 3 aromatic rings. The highest BCUT2D eigenvalue weighted by atomic mass is 16.5. The largest absolute Gasteiger partial charge is 0.465 e. The number of nitrogens with zero attached hydrogens (tertiary/aromatic N) is 3. The van der Waals surface area contributed by atoms with Crippen LogP contribution in [0.4, 0.5) is 0 Å². The van der Waals surface area contributed by atoms with Gasteiger partial charge in [-0.1, -0.05) is 54.6 Å². The van der Waals surface area contributed by atoms with E-state index >= 15 is 0 Å². The van der Waals surface area contributed by atoms with Crippen LogP contribution in [-0.4, -0.2) is 54.7 Å². The molecule has 1 aliphatic rings. The van der Waals surface area contributed by atoms with Crippen LogP contribution >= 0.6 is 0 Å². The van der Waals surface area contributed by atoms with Crippen LogP contribution in [-0.2, 0) is 20.8 Å². The maximum absolute atomic E-state index is 13.0. The lowest BCUT2D eigenvalue weighted by molar-refractivity contribution is -0.128. The Balaban J connectivity index is 1.63. The molecule has 4 rings (SSSR count). The van der Waals surface area contributed by atoms with Crippen molar-refractivity contribution in [1.29, 1.82) is 0 Å². The van der Waals surface area contributed by atoms with Crippen LogP contribution in [0.5, 0.6) is 0 Å². The maximum atomic E-state index is 13.0. The number of ether oxygens (including phenoxy) is 2. The molecule has 0 spiro atoms. The van der Waals surface area contributed by atoms with E-state index in [-0.39, 0.29) is 12.5 Å². The molecule has 0 bridgehead atoms. The number of carbonyl (C=O) groups is 3. The van der Waals surface area contributed by atoms with E-state index in [1.54, 1.807) is 54.7 Å². The molecule has 35 heavy (non-hydrogen) atoms. The molecule has 0 aliphatic carbocycles. The number of esters is 2. The Morgan fingerprint density at radius 2 is 1.46 bits per heavy atom. The Hall–Kier alpha value is -4.30. The van der Waals surface area contributed by atoms with Gasteiger partial charge in [0.1, 0.15) is 6.17 Å². The monoisotopic (exact) mass is 471 g/mol. The Bertz CT molecular complexity index is 1220. The van der Waals surface area contributed by atoms with Crippen molar-refractivity contribution < 1.29 is 23.9 Å². The normalized spacial score (nSPS) is 16.0. The molecule has 3 aromatic carbocycles. The highest BCUT2D eigenvalue weighted by Crippen LogP contribution is 2.32. The number of benzene rings is 3. The average molecular weight is 472 g/mol. The van der Waals surface area contributed by atoms with E-state index in [1.165, 1.54) is 19.2 Å². The summed E-state index contributed by atoms with van der Waals surface area (Å²) in [4.78, 5) is 38.6. The van der Waals surface area contributed by atoms with Crippen molar-refractivity contribution >= 4 is 24.1 Å². The summed E-state index contributed by atoms with van der Waals surface area (Å²) < 4.78 is 9.52. The van der Waals surface area contributed by atoms with E-state index < -0.39 is 18.1 Å². The fourth-order valence-corrected chi connectivity index (χ4v) is 3.92. The van der Waals surface area contributed by atoms with Crippen molar-refractivity contribution in [3.63, 3.8) is 0 Å². The van der Waals surface area contributed by atoms with E-state index in [1.807, 2.05) is 35.2 Å². The van der Waals surface area contributed by atoms with Gasteiger partial charge >= 0.3 is 11.9 Å². The van der Waals surface area contributed by atoms with E-state index in [0.29, 0.717) is 17.7 Å². The second-order valence-electron chi connectivity index (χ2n) is 7.97. The van der Waals surface area contributed by atoms with Gasteiger partial charge in [0.25, 0.3) is 5.91 Å². The molecule has 0 N–H and O–H groups in total. The van der Waals surface area contributed by atoms with Gasteiger partial charge in [-0.2, -0.15) is 5.10 Å². The van der Waals surface area contributed by atoms with Crippen molar-refractivity contribution in [3.05, 3.63) is 107 Å². The van der Waals surface area contributed by atoms with Gasteiger partial charge in [0, 0.05) is 6.54 Å². The summed E-state index contributed by atoms with van der Waals surface area (Å²) in [5, 5.41) is 5.95. The maximum Gasteiger partial charge on any atom is 0.337 e. The molecule has 1 aliphatic heterocycles. The topological polar surface area (TPSA) is 88.5 Å². The zero-order chi connectivity index (χ0) is 24.8. The Morgan fingerprint density at radius 1 is 0.886 bits per heavy atom. The summed E-state index contributed by atoms with van der Waals surface area (Å²) in [7, 11) is 2.66. The molecule has 0 aromatic heterocycles. The second-order valence-corrected chi connectivity index (χ2v) is 7.97. The van der Waals surface area contributed by atoms with Gasteiger partial charge in [-0.05, 0) is 41.0 Å². The van der Waals surface area contributed by atoms with E-state index in [9.17, 15) is 14.4 Å². The van der Waals surface area contributed by atoms with Crippen LogP contribution in [0.2, 0.25) is 0 Å². The minimum Gasteiger partial charge on any atom is -0.465 e. The highest BCUT2D eigenvalue weighted by molar-refractivity contribution is 5.91. The Kier molecular flexibility index (Phi) is 7.32. The van der Waals surface area contributed by atoms with Crippen LogP contribution < -0.4 is 0 Å². The first-order chi connectivity index (χ1) is 17.0. The van der Waals surface area contributed by atoms with Gasteiger partial charge in [0.15, 0.2) is 0 Å². The lowest BCUT2D eigenvalue weighted by Crippen LogP contribution is -2.28. The molecular formula is C27H25N3O5. The number of rotatable bonds is 7. The van der Waals surface area contributed by atoms with Gasteiger partial charge in [0.2, 0.25) is 0 Å². The zero-order valence-electron chi connectivity index (χ0n) is 19.5. The molecule has 8 heteroatoms. The van der Waals surface area contributed by atoms with Crippen LogP contribution in [0.1, 0.15) is 43.6 Å². The Morgan fingerprint density at radius 3 is 2.03 bits per heavy atom. The number of hydrogen-bond donors (Lipinski definition) is 0. The lowest BCUT2D eigenvalue weighted by atomic mass is 10.1. The van der Waals surface area contributed by atoms with Crippen molar-refractivity contribution in [2.45, 2.75) is 12.7 Å². The summed E-state index contributed by atoms with van der Waals surface area (Å²) in [5.74, 6) is -0.994. The molecule has 1 saturated heterocycles. The third-order valence-corrected chi connectivity index (χ3v) is 5.69. The molecule has 1 fully saturated rings. The first kappa shape index (κ1) is 23.8. The summed E-state index contributed by atoms with van der Waals surface area (Å²) >= 11 is 0. The van der Waals surface area contributed by atoms with Crippen LogP contribution in [0.15, 0.2) is 84.0 Å². The van der Waals surface area contributed by atoms with Crippen LogP contribution in [0.25, 0.3) is 0 Å². The predicted octanol–water partition coefficient (Wildman–Crippen LogP) is 3.64. The summed E-state index contributed by atoms with van der Waals surface area (Å²) in [6.07, 6.45) is 1.13. The number of amides is 1. The molecule has 8 nitrogen and oxygen atoms in total. The SMILES string of the molecule is COC(=O)c1ccc(/C=N\N2C(=O)CN(Cc3ccccc3)[C@@H]2c2ccc(C(=O)OC)cc2)cc1. The first-order valence-electron chi connectivity index (χ1n) is 11.0. The average Bonchev–Trinajstić information content (AvgIpc) is 3.21. The first-order valence-corrected chi connectivity index (χ1v) is 11.0. The number of carbonyl (C=O) groups excluding carboxylic acids is 3. The summed E-state index contributed by atoms with van der Waals surface area (Å²) in [6, 6.07) is 23.6. The predicted molar refractivity (Wildman–Crippen MR) is 130 cm³/mol. The third-order valence-electron chi connectivity index (χ3n) is 5.69. The smallest absolute Gasteiger partial charge is 0.337 e. The number of methoxy groups -OCH3 is 2. The molecule has 0 radical (unpaired) electrons. The molecule has 1 amide bonds. The van der Waals surface area contributed by atoms with E-state index in [2.05, 4.69) is 5.10 Å². The van der Waals surface area contributed by atoms with Crippen molar-refractivity contribution in [1.82, 2.24) is 9.91 Å². The van der Waals surface area contributed by atoms with Gasteiger partial charge in [-0.15, -0.1) is 0 Å². The minimum absolute atomic E-state index is 0.148. The quantitative estimate of drug-likeness (QED) is 0.386. The molecule has 1 heterocycles. The van der Waals surface area contributed by atoms with Gasteiger partial charge in [0.05, 0.1) is 38.1 Å². The van der Waals surface area contributed by atoms with Crippen LogP contribution in [0.3, 0.4) is 0 Å². The van der Waals surface area contributed by atoms with Crippen molar-refractivity contribution in [3.8, 4) is 0 Å². The molecule has 0 unspecified atom stereocenters. The number of hydrogen-bond acceptors (Lipinski definition) is 7. The standard InChI is InChI=1S/C27H25N3O5/c1-34-26(32)22-10-8-19(9-11-22)16-28-30-24(31)18-29(17-20-6-4-3-5-7-20)25(30)21-12-14-23(15-13-21)27(33)35-2/h3-16,25H,17-18H2,1-2H3/b28-16-/t25-/m0/s1. The van der Waals surface area contributed by atoms with Crippen molar-refractivity contribution in [2.75, 3.05) is 20.8 Å². The van der Waals surface area contributed by atoms with Crippen LogP contribution in [0, 0.1) is 0 Å². The highest BCUT2D eigenvalue weighted by Gasteiger charge is 2.39. The fraction of sp³-hybridized carbons (Fsp3) is 0.185. The minimum atomic E-state index is -0.458. The van der Waals surface area contributed by atoms with E-state index in [0.717, 1.165) is 16.7 Å². The summed E-state index contributed by atoms with van der Waals surface area (Å²) in [6.45, 7) is 0.743. The Labute approximate surface area is 203 Å². The molecule has 0 saturated carbocycles.